The van der Waals surface area contributed by atoms with Gasteiger partial charge in [0.1, 0.15) is 5.82 Å². The average Bonchev–Trinajstić information content (AvgIpc) is 2.94. The molecule has 0 unspecified atom stereocenters. The van der Waals surface area contributed by atoms with Gasteiger partial charge in [0.25, 0.3) is 0 Å². The highest BCUT2D eigenvalue weighted by Gasteiger charge is 2.38. The van der Waals surface area contributed by atoms with E-state index in [4.69, 9.17) is 5.73 Å². The fourth-order valence-electron chi connectivity index (χ4n) is 3.08. The van der Waals surface area contributed by atoms with Gasteiger partial charge in [0, 0.05) is 11.7 Å². The number of likely N-dealkylation sites (N-methyl/N-ethyl adjacent to an activating group) is 1. The van der Waals surface area contributed by atoms with E-state index in [-0.39, 0.29) is 5.54 Å². The van der Waals surface area contributed by atoms with Gasteiger partial charge in [-0.3, -0.25) is 4.99 Å². The molecule has 0 spiro atoms. The number of guanidine groups is 1. The molecule has 0 bridgehead atoms. The normalized spacial score (nSPS) is 16.4. The Kier molecular flexibility index (Phi) is 4.30. The van der Waals surface area contributed by atoms with Crippen LogP contribution in [0.5, 0.6) is 0 Å². The van der Waals surface area contributed by atoms with Gasteiger partial charge in [-0.15, -0.1) is 0 Å². The third-order valence-electron chi connectivity index (χ3n) is 4.57. The summed E-state index contributed by atoms with van der Waals surface area (Å²) in [5, 5.41) is 3.04. The van der Waals surface area contributed by atoms with Crippen LogP contribution in [0.1, 0.15) is 11.1 Å². The van der Waals surface area contributed by atoms with E-state index in [0.717, 1.165) is 12.8 Å². The van der Waals surface area contributed by atoms with Crippen LogP contribution in [-0.4, -0.2) is 42.0 Å². The molecule has 3 rings (SSSR count). The Balaban J connectivity index is 1.73. The summed E-state index contributed by atoms with van der Waals surface area (Å²) >= 11 is 0. The average molecular weight is 309 g/mol. The molecule has 1 aromatic heterocycles. The van der Waals surface area contributed by atoms with Crippen molar-refractivity contribution in [3.8, 4) is 0 Å². The molecule has 3 N–H and O–H groups in total. The van der Waals surface area contributed by atoms with Crippen molar-refractivity contribution < 1.29 is 0 Å². The van der Waals surface area contributed by atoms with Gasteiger partial charge in [-0.25, -0.2) is 4.98 Å². The minimum Gasteiger partial charge on any atom is -0.370 e. The molecule has 1 aliphatic rings. The molecule has 2 aromatic rings. The molecule has 1 aromatic carbocycles. The molecular formula is C18H23N5. The third kappa shape index (κ3) is 3.35. The number of nitrogens with one attached hydrogen (secondary N) is 1. The van der Waals surface area contributed by atoms with Crippen molar-refractivity contribution in [3.05, 3.63) is 59.8 Å². The second-order valence-electron chi connectivity index (χ2n) is 6.28. The second-order valence-corrected chi connectivity index (χ2v) is 6.28. The zero-order valence-corrected chi connectivity index (χ0v) is 13.7. The molecule has 0 amide bonds. The first kappa shape index (κ1) is 15.5. The smallest absolute Gasteiger partial charge is 0.194 e. The van der Waals surface area contributed by atoms with E-state index in [9.17, 15) is 0 Å². The van der Waals surface area contributed by atoms with Crippen molar-refractivity contribution in [2.75, 3.05) is 26.0 Å². The fraction of sp³-hybridized carbons (Fsp3) is 0.333. The lowest BCUT2D eigenvalue weighted by Crippen LogP contribution is -2.48. The van der Waals surface area contributed by atoms with E-state index < -0.39 is 0 Å². The monoisotopic (exact) mass is 309 g/mol. The molecule has 5 heteroatoms. The van der Waals surface area contributed by atoms with Crippen LogP contribution in [0.2, 0.25) is 0 Å². The quantitative estimate of drug-likeness (QED) is 0.669. The molecule has 0 aliphatic heterocycles. The zero-order chi connectivity index (χ0) is 16.3. The number of anilines is 1. The van der Waals surface area contributed by atoms with Crippen molar-refractivity contribution in [2.24, 2.45) is 10.7 Å². The van der Waals surface area contributed by atoms with Gasteiger partial charge < -0.3 is 16.0 Å². The maximum atomic E-state index is 6.03. The van der Waals surface area contributed by atoms with Crippen molar-refractivity contribution in [2.45, 2.75) is 18.4 Å². The van der Waals surface area contributed by atoms with Crippen LogP contribution >= 0.6 is 0 Å². The van der Waals surface area contributed by atoms with Crippen molar-refractivity contribution >= 4 is 11.8 Å². The molecule has 0 saturated carbocycles. The van der Waals surface area contributed by atoms with Gasteiger partial charge >= 0.3 is 0 Å². The molecule has 120 valence electrons. The number of pyridine rings is 1. The van der Waals surface area contributed by atoms with Gasteiger partial charge in [0.15, 0.2) is 5.96 Å². The number of hydrogen-bond acceptors (Lipinski definition) is 3. The molecular weight excluding hydrogens is 286 g/mol. The minimum atomic E-state index is -0.0138. The predicted octanol–water partition coefficient (Wildman–Crippen LogP) is 1.91. The highest BCUT2D eigenvalue weighted by molar-refractivity contribution is 5.91. The summed E-state index contributed by atoms with van der Waals surface area (Å²) in [7, 11) is 4.23. The van der Waals surface area contributed by atoms with Crippen molar-refractivity contribution in [1.29, 1.82) is 0 Å². The van der Waals surface area contributed by atoms with Crippen LogP contribution in [0.25, 0.3) is 0 Å². The van der Waals surface area contributed by atoms with Gasteiger partial charge in [0.2, 0.25) is 0 Å². The van der Waals surface area contributed by atoms with E-state index in [0.29, 0.717) is 18.3 Å². The molecule has 0 radical (unpaired) electrons. The Morgan fingerprint density at radius 2 is 1.83 bits per heavy atom. The standard InChI is InChI=1S/C18H23N5/c1-23(2)18(11-14-7-3-4-8-15(14)12-18)13-21-17(19)22-16-9-5-6-10-20-16/h3-10H,11-13H2,1-2H3,(H3,19,20,21,22). The van der Waals surface area contributed by atoms with Crippen LogP contribution in [0.15, 0.2) is 53.7 Å². The lowest BCUT2D eigenvalue weighted by atomic mass is 9.94. The first-order valence-corrected chi connectivity index (χ1v) is 7.81. The molecule has 1 aliphatic carbocycles. The number of aromatic nitrogens is 1. The summed E-state index contributed by atoms with van der Waals surface area (Å²) in [6.07, 6.45) is 3.72. The third-order valence-corrected chi connectivity index (χ3v) is 4.57. The second kappa shape index (κ2) is 6.38. The number of hydrogen-bond donors (Lipinski definition) is 2. The topological polar surface area (TPSA) is 66.5 Å². The Morgan fingerprint density at radius 3 is 2.39 bits per heavy atom. The molecule has 5 nitrogen and oxygen atoms in total. The maximum absolute atomic E-state index is 6.03. The van der Waals surface area contributed by atoms with Gasteiger partial charge in [-0.1, -0.05) is 30.3 Å². The van der Waals surface area contributed by atoms with E-state index in [2.05, 4.69) is 58.6 Å². The first-order chi connectivity index (χ1) is 11.1. The number of rotatable bonds is 4. The summed E-state index contributed by atoms with van der Waals surface area (Å²) in [6.45, 7) is 0.653. The summed E-state index contributed by atoms with van der Waals surface area (Å²) in [6, 6.07) is 14.3. The summed E-state index contributed by atoms with van der Waals surface area (Å²) < 4.78 is 0. The number of aliphatic imine (C=N–C) groups is 1. The Labute approximate surface area is 137 Å². The predicted molar refractivity (Wildman–Crippen MR) is 94.6 cm³/mol. The highest BCUT2D eigenvalue weighted by Crippen LogP contribution is 2.33. The van der Waals surface area contributed by atoms with Gasteiger partial charge in [-0.05, 0) is 50.2 Å². The summed E-state index contributed by atoms with van der Waals surface area (Å²) in [5.74, 6) is 1.11. The lowest BCUT2D eigenvalue weighted by Gasteiger charge is -2.35. The lowest BCUT2D eigenvalue weighted by molar-refractivity contribution is 0.172. The molecule has 0 fully saturated rings. The fourth-order valence-corrected chi connectivity index (χ4v) is 3.08. The number of nitrogens with zero attached hydrogens (tertiary/aromatic N) is 3. The van der Waals surface area contributed by atoms with Crippen molar-refractivity contribution in [3.63, 3.8) is 0 Å². The molecule has 0 atom stereocenters. The number of fused-ring (bicyclic) bond motifs is 1. The van der Waals surface area contributed by atoms with Gasteiger partial charge in [0.05, 0.1) is 6.54 Å². The molecule has 1 heterocycles. The highest BCUT2D eigenvalue weighted by atomic mass is 15.2. The summed E-state index contributed by atoms with van der Waals surface area (Å²) in [4.78, 5) is 11.0. The van der Waals surface area contributed by atoms with Crippen LogP contribution in [-0.2, 0) is 12.8 Å². The minimum absolute atomic E-state index is 0.0138. The van der Waals surface area contributed by atoms with Crippen LogP contribution in [0.4, 0.5) is 5.82 Å². The van der Waals surface area contributed by atoms with Crippen LogP contribution in [0, 0.1) is 0 Å². The van der Waals surface area contributed by atoms with E-state index in [1.165, 1.54) is 11.1 Å². The maximum Gasteiger partial charge on any atom is 0.194 e. The molecule has 23 heavy (non-hydrogen) atoms. The molecule has 0 saturated heterocycles. The first-order valence-electron chi connectivity index (χ1n) is 7.81. The van der Waals surface area contributed by atoms with E-state index in [1.807, 2.05) is 18.2 Å². The van der Waals surface area contributed by atoms with Crippen LogP contribution < -0.4 is 11.1 Å². The zero-order valence-electron chi connectivity index (χ0n) is 13.7. The Hall–Kier alpha value is -2.40. The number of benzene rings is 1. The van der Waals surface area contributed by atoms with E-state index in [1.54, 1.807) is 6.20 Å². The summed E-state index contributed by atoms with van der Waals surface area (Å²) in [5.41, 5.74) is 8.83. The SMILES string of the molecule is CN(C)C1(CN=C(N)Nc2ccccn2)Cc2ccccc2C1. The largest absolute Gasteiger partial charge is 0.370 e. The van der Waals surface area contributed by atoms with Gasteiger partial charge in [-0.2, -0.15) is 0 Å². The Morgan fingerprint density at radius 1 is 1.17 bits per heavy atom. The van der Waals surface area contributed by atoms with E-state index >= 15 is 0 Å². The number of nitrogens with two attached hydrogens (primary N) is 1. The Bertz CT molecular complexity index is 669. The van der Waals surface area contributed by atoms with Crippen LogP contribution in [0.3, 0.4) is 0 Å². The van der Waals surface area contributed by atoms with Crippen molar-refractivity contribution in [1.82, 2.24) is 9.88 Å².